The van der Waals surface area contributed by atoms with Crippen molar-refractivity contribution in [3.8, 4) is 5.69 Å². The van der Waals surface area contributed by atoms with Gasteiger partial charge in [-0.05, 0) is 30.5 Å². The first kappa shape index (κ1) is 19.4. The zero-order valence-corrected chi connectivity index (χ0v) is 16.7. The molecule has 0 unspecified atom stereocenters. The number of imidazole rings is 1. The summed E-state index contributed by atoms with van der Waals surface area (Å²) in [5, 5.41) is 0. The number of unbranched alkanes of at least 4 members (excludes halogenated alkanes) is 6. The summed E-state index contributed by atoms with van der Waals surface area (Å²) in [6.45, 7) is 3.39. The van der Waals surface area contributed by atoms with Crippen LogP contribution in [0.15, 0.2) is 73.1 Å². The highest BCUT2D eigenvalue weighted by Crippen LogP contribution is 2.14. The maximum absolute atomic E-state index is 2.45. The molecule has 0 N–H and O–H groups in total. The molecule has 0 atom stereocenters. The fourth-order valence-electron chi connectivity index (χ4n) is 3.69. The lowest BCUT2D eigenvalue weighted by atomic mass is 10.1. The molecule has 0 aliphatic carbocycles. The molecule has 3 aromatic rings. The van der Waals surface area contributed by atoms with Crippen LogP contribution in [0.1, 0.15) is 63.3 Å². The van der Waals surface area contributed by atoms with E-state index in [0.717, 1.165) is 13.0 Å². The predicted octanol–water partition coefficient (Wildman–Crippen LogP) is 6.11. The van der Waals surface area contributed by atoms with Gasteiger partial charge in [-0.2, -0.15) is 4.57 Å². The second-order valence-corrected chi connectivity index (χ2v) is 7.40. The molecule has 0 bridgehead atoms. The molecule has 0 amide bonds. The lowest BCUT2D eigenvalue weighted by molar-refractivity contribution is -0.703. The third-order valence-electron chi connectivity index (χ3n) is 5.25. The molecule has 2 nitrogen and oxygen atoms in total. The Morgan fingerprint density at radius 1 is 0.741 bits per heavy atom. The van der Waals surface area contributed by atoms with Crippen molar-refractivity contribution in [1.82, 2.24) is 4.57 Å². The molecule has 2 aromatic carbocycles. The number of hydrogen-bond acceptors (Lipinski definition) is 0. The monoisotopic (exact) mass is 361 g/mol. The molecule has 0 aliphatic heterocycles. The van der Waals surface area contributed by atoms with Crippen molar-refractivity contribution in [1.29, 1.82) is 0 Å². The number of benzene rings is 2. The van der Waals surface area contributed by atoms with E-state index >= 15 is 0 Å². The maximum Gasteiger partial charge on any atom is 0.266 e. The SMILES string of the molecule is CCCCCCCCC[n+]1ccn(-c2ccccc2)c1Cc1ccccc1. The Balaban J connectivity index is 1.68. The van der Waals surface area contributed by atoms with Crippen LogP contribution in [0.3, 0.4) is 0 Å². The third-order valence-corrected chi connectivity index (χ3v) is 5.25. The van der Waals surface area contributed by atoms with Crippen LogP contribution in [0.25, 0.3) is 5.69 Å². The van der Waals surface area contributed by atoms with Gasteiger partial charge in [0.05, 0.1) is 13.0 Å². The molecule has 0 saturated heterocycles. The third kappa shape index (κ3) is 5.82. The summed E-state index contributed by atoms with van der Waals surface area (Å²) >= 11 is 0. The molecule has 2 heteroatoms. The average molecular weight is 362 g/mol. The molecular weight excluding hydrogens is 328 g/mol. The van der Waals surface area contributed by atoms with E-state index in [9.17, 15) is 0 Å². The maximum atomic E-state index is 2.45. The van der Waals surface area contributed by atoms with Crippen LogP contribution in [-0.4, -0.2) is 4.57 Å². The number of aryl methyl sites for hydroxylation is 1. The van der Waals surface area contributed by atoms with Gasteiger partial charge in [0, 0.05) is 0 Å². The van der Waals surface area contributed by atoms with E-state index < -0.39 is 0 Å². The van der Waals surface area contributed by atoms with Crippen molar-refractivity contribution in [2.45, 2.75) is 64.8 Å². The minimum absolute atomic E-state index is 0.958. The topological polar surface area (TPSA) is 8.81 Å². The number of hydrogen-bond donors (Lipinski definition) is 0. The molecule has 3 rings (SSSR count). The summed E-state index contributed by atoms with van der Waals surface area (Å²) in [5.41, 5.74) is 2.60. The predicted molar refractivity (Wildman–Crippen MR) is 113 cm³/mol. The Bertz CT molecular complexity index is 775. The highest BCUT2D eigenvalue weighted by molar-refractivity contribution is 5.33. The Morgan fingerprint density at radius 3 is 2.07 bits per heavy atom. The highest BCUT2D eigenvalue weighted by atomic mass is 15.1. The summed E-state index contributed by atoms with van der Waals surface area (Å²) in [5.74, 6) is 1.36. The van der Waals surface area contributed by atoms with Gasteiger partial charge in [0.2, 0.25) is 0 Å². The zero-order chi connectivity index (χ0) is 18.7. The summed E-state index contributed by atoms with van der Waals surface area (Å²) in [7, 11) is 0. The fourth-order valence-corrected chi connectivity index (χ4v) is 3.69. The molecule has 0 spiro atoms. The molecule has 1 aromatic heterocycles. The van der Waals surface area contributed by atoms with Gasteiger partial charge in [-0.15, -0.1) is 0 Å². The molecular formula is C25H33N2+. The van der Waals surface area contributed by atoms with Crippen molar-refractivity contribution >= 4 is 0 Å². The Hall–Kier alpha value is -2.35. The first-order valence-electron chi connectivity index (χ1n) is 10.6. The van der Waals surface area contributed by atoms with Crippen LogP contribution in [0.5, 0.6) is 0 Å². The van der Waals surface area contributed by atoms with E-state index in [1.165, 1.54) is 62.0 Å². The summed E-state index contributed by atoms with van der Waals surface area (Å²) < 4.78 is 4.79. The lowest BCUT2D eigenvalue weighted by Crippen LogP contribution is -2.37. The number of para-hydroxylation sites is 1. The van der Waals surface area contributed by atoms with Gasteiger partial charge >= 0.3 is 0 Å². The minimum atomic E-state index is 0.958. The second kappa shape index (κ2) is 10.7. The van der Waals surface area contributed by atoms with Gasteiger partial charge in [-0.25, -0.2) is 4.57 Å². The van der Waals surface area contributed by atoms with E-state index in [0.29, 0.717) is 0 Å². The van der Waals surface area contributed by atoms with Gasteiger partial charge in [0.1, 0.15) is 18.1 Å². The quantitative estimate of drug-likeness (QED) is 0.288. The van der Waals surface area contributed by atoms with Gasteiger partial charge < -0.3 is 0 Å². The standard InChI is InChI=1S/C25H33N2/c1-2-3-4-5-6-7-14-19-26-20-21-27(24-17-12-9-13-18-24)25(26)22-23-15-10-8-11-16-23/h8-13,15-18,20-21H,2-7,14,19,22H2,1H3/q+1. The number of nitrogens with zero attached hydrogens (tertiary/aromatic N) is 2. The van der Waals surface area contributed by atoms with Crippen LogP contribution >= 0.6 is 0 Å². The number of rotatable bonds is 11. The smallest absolute Gasteiger partial charge is 0.234 e. The average Bonchev–Trinajstić information content (AvgIpc) is 3.11. The Kier molecular flexibility index (Phi) is 7.70. The Labute approximate surface area is 164 Å². The summed E-state index contributed by atoms with van der Waals surface area (Å²) in [6, 6.07) is 21.5. The normalized spacial score (nSPS) is 11.0. The van der Waals surface area contributed by atoms with Gasteiger partial charge in [-0.1, -0.05) is 87.6 Å². The van der Waals surface area contributed by atoms with Crippen LogP contribution in [0.2, 0.25) is 0 Å². The van der Waals surface area contributed by atoms with Gasteiger partial charge in [0.15, 0.2) is 0 Å². The van der Waals surface area contributed by atoms with E-state index in [4.69, 9.17) is 0 Å². The van der Waals surface area contributed by atoms with Crippen molar-refractivity contribution in [3.05, 3.63) is 84.4 Å². The summed E-state index contributed by atoms with van der Waals surface area (Å²) in [6.07, 6.45) is 14.9. The van der Waals surface area contributed by atoms with Crippen LogP contribution in [-0.2, 0) is 13.0 Å². The van der Waals surface area contributed by atoms with E-state index in [1.54, 1.807) is 0 Å². The van der Waals surface area contributed by atoms with E-state index in [-0.39, 0.29) is 0 Å². The van der Waals surface area contributed by atoms with Crippen LogP contribution < -0.4 is 4.57 Å². The zero-order valence-electron chi connectivity index (χ0n) is 16.7. The second-order valence-electron chi connectivity index (χ2n) is 7.40. The molecule has 0 radical (unpaired) electrons. The van der Waals surface area contributed by atoms with Crippen molar-refractivity contribution in [2.24, 2.45) is 0 Å². The molecule has 1 heterocycles. The van der Waals surface area contributed by atoms with E-state index in [2.05, 4.69) is 89.1 Å². The minimum Gasteiger partial charge on any atom is -0.234 e. The van der Waals surface area contributed by atoms with Crippen LogP contribution in [0, 0.1) is 0 Å². The first-order valence-corrected chi connectivity index (χ1v) is 10.6. The molecule has 0 aliphatic rings. The lowest BCUT2D eigenvalue weighted by Gasteiger charge is -2.06. The molecule has 142 valence electrons. The van der Waals surface area contributed by atoms with Gasteiger partial charge in [-0.3, -0.25) is 0 Å². The largest absolute Gasteiger partial charge is 0.266 e. The van der Waals surface area contributed by atoms with Crippen molar-refractivity contribution < 1.29 is 4.57 Å². The summed E-state index contributed by atoms with van der Waals surface area (Å²) in [4.78, 5) is 0. The molecule has 0 saturated carbocycles. The molecule has 27 heavy (non-hydrogen) atoms. The highest BCUT2D eigenvalue weighted by Gasteiger charge is 2.18. The van der Waals surface area contributed by atoms with Crippen molar-refractivity contribution in [3.63, 3.8) is 0 Å². The fraction of sp³-hybridized carbons (Fsp3) is 0.400. The molecule has 0 fully saturated rings. The van der Waals surface area contributed by atoms with Crippen molar-refractivity contribution in [2.75, 3.05) is 0 Å². The van der Waals surface area contributed by atoms with E-state index in [1.807, 2.05) is 0 Å². The number of aromatic nitrogens is 2. The first-order chi connectivity index (χ1) is 13.4. The Morgan fingerprint density at radius 2 is 1.37 bits per heavy atom. The van der Waals surface area contributed by atoms with Gasteiger partial charge in [0.25, 0.3) is 5.82 Å². The van der Waals surface area contributed by atoms with Crippen LogP contribution in [0.4, 0.5) is 0 Å².